The minimum Gasteiger partial charge on any atom is -0.406 e. The Morgan fingerprint density at radius 1 is 0.914 bits per heavy atom. The van der Waals surface area contributed by atoms with Gasteiger partial charge >= 0.3 is 6.36 Å². The highest BCUT2D eigenvalue weighted by atomic mass is 19.4. The fraction of sp³-hybridized carbons (Fsp3) is 0.222. The molecule has 0 aliphatic rings. The third kappa shape index (κ3) is 8.10. The van der Waals surface area contributed by atoms with Gasteiger partial charge in [0, 0.05) is 12.6 Å². The molecule has 3 rings (SSSR count). The van der Waals surface area contributed by atoms with Crippen molar-refractivity contribution < 1.29 is 27.5 Å². The van der Waals surface area contributed by atoms with E-state index in [1.807, 2.05) is 32.0 Å². The van der Waals surface area contributed by atoms with Crippen LogP contribution < -0.4 is 9.57 Å². The average Bonchev–Trinajstić information content (AvgIpc) is 2.80. The highest BCUT2D eigenvalue weighted by Gasteiger charge is 2.30. The molecule has 0 saturated carbocycles. The molecular formula is C27H25F3N2O3. The van der Waals surface area contributed by atoms with E-state index in [9.17, 15) is 18.0 Å². The van der Waals surface area contributed by atoms with E-state index in [0.29, 0.717) is 23.4 Å². The fourth-order valence-corrected chi connectivity index (χ4v) is 3.32. The summed E-state index contributed by atoms with van der Waals surface area (Å²) in [6.45, 7) is 5.77. The summed E-state index contributed by atoms with van der Waals surface area (Å²) in [5, 5.41) is 4.01. The Morgan fingerprint density at radius 3 is 2.11 bits per heavy atom. The maximum Gasteiger partial charge on any atom is 0.573 e. The highest BCUT2D eigenvalue weighted by molar-refractivity contribution is 5.98. The van der Waals surface area contributed by atoms with Crippen LogP contribution in [0.2, 0.25) is 0 Å². The van der Waals surface area contributed by atoms with Crippen LogP contribution in [0.15, 0.2) is 76.9 Å². The molecule has 8 heteroatoms. The summed E-state index contributed by atoms with van der Waals surface area (Å²) in [5.74, 6) is 0.213. The predicted octanol–water partition coefficient (Wildman–Crippen LogP) is 6.24. The number of halogens is 3. The van der Waals surface area contributed by atoms with E-state index in [-0.39, 0.29) is 18.1 Å². The van der Waals surface area contributed by atoms with E-state index >= 15 is 0 Å². The summed E-state index contributed by atoms with van der Waals surface area (Å²) < 4.78 is 40.6. The largest absolute Gasteiger partial charge is 0.573 e. The van der Waals surface area contributed by atoms with Crippen molar-refractivity contribution in [3.05, 3.63) is 94.5 Å². The lowest BCUT2D eigenvalue weighted by atomic mass is 9.98. The van der Waals surface area contributed by atoms with Gasteiger partial charge in [-0.25, -0.2) is 0 Å². The number of hydrogen-bond acceptors (Lipinski definition) is 5. The molecule has 0 aliphatic heterocycles. The summed E-state index contributed by atoms with van der Waals surface area (Å²) >= 11 is 0. The number of aryl methyl sites for hydroxylation is 2. The minimum absolute atomic E-state index is 0.0430. The van der Waals surface area contributed by atoms with E-state index in [4.69, 9.17) is 4.84 Å². The van der Waals surface area contributed by atoms with E-state index in [1.54, 1.807) is 37.4 Å². The summed E-state index contributed by atoms with van der Waals surface area (Å²) in [6, 6.07) is 18.3. The average molecular weight is 483 g/mol. The van der Waals surface area contributed by atoms with Crippen LogP contribution in [0, 0.1) is 13.8 Å². The molecule has 0 fully saturated rings. The lowest BCUT2D eigenvalue weighted by Crippen LogP contribution is -2.17. The number of aliphatic imine (C=N–C) groups is 1. The highest BCUT2D eigenvalue weighted by Crippen LogP contribution is 2.23. The van der Waals surface area contributed by atoms with E-state index in [1.165, 1.54) is 24.3 Å². The molecule has 3 aromatic carbocycles. The van der Waals surface area contributed by atoms with Gasteiger partial charge in [0.2, 0.25) is 0 Å². The molecule has 0 atom stereocenters. The third-order valence-corrected chi connectivity index (χ3v) is 5.20. The molecule has 182 valence electrons. The Hall–Kier alpha value is -3.94. The maximum absolute atomic E-state index is 12.3. The zero-order chi connectivity index (χ0) is 25.4. The van der Waals surface area contributed by atoms with Gasteiger partial charge in [0.05, 0.1) is 12.3 Å². The van der Waals surface area contributed by atoms with Crippen molar-refractivity contribution in [1.82, 2.24) is 0 Å². The van der Waals surface area contributed by atoms with Gasteiger partial charge in [-0.3, -0.25) is 9.79 Å². The Bertz CT molecular complexity index is 1200. The number of rotatable bonds is 9. The standard InChI is InChI=1S/C27H25F3N2O3/c1-18-5-4-6-19(2)26(18)15-23(33)17-31-16-21-7-11-25(12-8-21)35-32-20(3)22-9-13-24(14-10-22)34-27(28,29)30/h4-14,16H,15,17H2,1-3H3/b31-16?,32-20+. The summed E-state index contributed by atoms with van der Waals surface area (Å²) in [5.41, 5.74) is 5.13. The number of nitrogens with zero attached hydrogens (tertiary/aromatic N) is 2. The number of benzene rings is 3. The number of oxime groups is 1. The molecule has 0 N–H and O–H groups in total. The summed E-state index contributed by atoms with van der Waals surface area (Å²) in [7, 11) is 0. The van der Waals surface area contributed by atoms with Gasteiger partial charge in [0.15, 0.2) is 11.5 Å². The number of hydrogen-bond donors (Lipinski definition) is 0. The molecule has 5 nitrogen and oxygen atoms in total. The van der Waals surface area contributed by atoms with Crippen LogP contribution in [-0.2, 0) is 11.2 Å². The van der Waals surface area contributed by atoms with Crippen LogP contribution >= 0.6 is 0 Å². The Labute approximate surface area is 201 Å². The van der Waals surface area contributed by atoms with Crippen LogP contribution in [0.25, 0.3) is 0 Å². The number of ether oxygens (including phenoxy) is 1. The lowest BCUT2D eigenvalue weighted by molar-refractivity contribution is -0.274. The number of carbonyl (C=O) groups is 1. The second kappa shape index (κ2) is 11.5. The molecule has 0 amide bonds. The minimum atomic E-state index is -4.74. The first-order valence-corrected chi connectivity index (χ1v) is 10.9. The SMILES string of the molecule is C/C(=N\Oc1ccc(C=NCC(=O)Cc2c(C)cccc2C)cc1)c1ccc(OC(F)(F)F)cc1. The molecule has 0 saturated heterocycles. The van der Waals surface area contributed by atoms with Crippen LogP contribution in [0.3, 0.4) is 0 Å². The molecule has 35 heavy (non-hydrogen) atoms. The van der Waals surface area contributed by atoms with Gasteiger partial charge in [0.25, 0.3) is 0 Å². The van der Waals surface area contributed by atoms with Crippen molar-refractivity contribution in [2.75, 3.05) is 6.54 Å². The zero-order valence-corrected chi connectivity index (χ0v) is 19.6. The smallest absolute Gasteiger partial charge is 0.406 e. The molecule has 0 aliphatic carbocycles. The van der Waals surface area contributed by atoms with Gasteiger partial charge < -0.3 is 9.57 Å². The summed E-state index contributed by atoms with van der Waals surface area (Å²) in [6.07, 6.45) is -2.75. The van der Waals surface area contributed by atoms with Gasteiger partial charge in [-0.05, 0) is 97.1 Å². The lowest BCUT2D eigenvalue weighted by Gasteiger charge is -2.09. The van der Waals surface area contributed by atoms with Gasteiger partial charge in [-0.2, -0.15) is 0 Å². The molecule has 0 aromatic heterocycles. The number of Topliss-reactive ketones (excluding diaryl/α,β-unsaturated/α-hetero) is 1. The van der Waals surface area contributed by atoms with Crippen LogP contribution in [0.4, 0.5) is 13.2 Å². The molecule has 0 unspecified atom stereocenters. The topological polar surface area (TPSA) is 60.2 Å². The van der Waals surface area contributed by atoms with Gasteiger partial charge in [-0.1, -0.05) is 23.4 Å². The van der Waals surface area contributed by atoms with Crippen molar-refractivity contribution >= 4 is 17.7 Å². The van der Waals surface area contributed by atoms with E-state index in [2.05, 4.69) is 14.9 Å². The number of alkyl halides is 3. The van der Waals surface area contributed by atoms with Crippen LogP contribution in [0.1, 0.15) is 34.7 Å². The molecular weight excluding hydrogens is 457 g/mol. The first kappa shape index (κ1) is 25.7. The van der Waals surface area contributed by atoms with Crippen molar-refractivity contribution in [3.63, 3.8) is 0 Å². The van der Waals surface area contributed by atoms with E-state index < -0.39 is 6.36 Å². The Balaban J connectivity index is 1.51. The van der Waals surface area contributed by atoms with Crippen molar-refractivity contribution in [2.24, 2.45) is 10.1 Å². The number of carbonyl (C=O) groups excluding carboxylic acids is 1. The van der Waals surface area contributed by atoms with Crippen molar-refractivity contribution in [3.8, 4) is 11.5 Å². The molecule has 0 bridgehead atoms. The molecule has 3 aromatic rings. The second-order valence-corrected chi connectivity index (χ2v) is 7.96. The van der Waals surface area contributed by atoms with Crippen LogP contribution in [0.5, 0.6) is 11.5 Å². The maximum atomic E-state index is 12.3. The quantitative estimate of drug-likeness (QED) is 0.268. The zero-order valence-electron chi connectivity index (χ0n) is 19.6. The predicted molar refractivity (Wildman–Crippen MR) is 129 cm³/mol. The van der Waals surface area contributed by atoms with Crippen LogP contribution in [-0.4, -0.2) is 30.6 Å². The number of ketones is 1. The first-order chi connectivity index (χ1) is 16.6. The monoisotopic (exact) mass is 482 g/mol. The van der Waals surface area contributed by atoms with Gasteiger partial charge in [-0.15, -0.1) is 13.2 Å². The first-order valence-electron chi connectivity index (χ1n) is 10.9. The van der Waals surface area contributed by atoms with Gasteiger partial charge in [0.1, 0.15) is 5.75 Å². The normalized spacial score (nSPS) is 12.1. The molecule has 0 spiro atoms. The second-order valence-electron chi connectivity index (χ2n) is 7.96. The summed E-state index contributed by atoms with van der Waals surface area (Å²) in [4.78, 5) is 21.9. The molecule has 0 radical (unpaired) electrons. The Morgan fingerprint density at radius 2 is 1.51 bits per heavy atom. The van der Waals surface area contributed by atoms with Crippen molar-refractivity contribution in [1.29, 1.82) is 0 Å². The van der Waals surface area contributed by atoms with Crippen molar-refractivity contribution in [2.45, 2.75) is 33.6 Å². The third-order valence-electron chi connectivity index (χ3n) is 5.20. The molecule has 0 heterocycles. The fourth-order valence-electron chi connectivity index (χ4n) is 3.32. The van der Waals surface area contributed by atoms with E-state index in [0.717, 1.165) is 22.3 Å². The Kier molecular flexibility index (Phi) is 8.41.